The Morgan fingerprint density at radius 2 is 1.26 bits per heavy atom. The summed E-state index contributed by atoms with van der Waals surface area (Å²) < 4.78 is 0. The first-order valence-corrected chi connectivity index (χ1v) is 9.71. The van der Waals surface area contributed by atoms with Gasteiger partial charge in [0.15, 0.2) is 0 Å². The van der Waals surface area contributed by atoms with E-state index >= 15 is 0 Å². The molecular formula is C26H18N4O. The molecule has 5 nitrogen and oxygen atoms in total. The van der Waals surface area contributed by atoms with Crippen LogP contribution < -0.4 is 5.32 Å². The van der Waals surface area contributed by atoms with Gasteiger partial charge in [-0.25, -0.2) is 0 Å². The Morgan fingerprint density at radius 3 is 1.97 bits per heavy atom. The van der Waals surface area contributed by atoms with Gasteiger partial charge < -0.3 is 5.32 Å². The quantitative estimate of drug-likeness (QED) is 0.369. The van der Waals surface area contributed by atoms with Gasteiger partial charge in [-0.3, -0.25) is 4.79 Å². The molecule has 0 aliphatic heterocycles. The average Bonchev–Trinajstić information content (AvgIpc) is 2.84. The normalized spacial score (nSPS) is 10.5. The van der Waals surface area contributed by atoms with Crippen molar-refractivity contribution >= 4 is 23.0 Å². The van der Waals surface area contributed by atoms with E-state index in [0.29, 0.717) is 28.1 Å². The number of nitriles is 1. The van der Waals surface area contributed by atoms with Crippen molar-refractivity contribution < 1.29 is 4.79 Å². The van der Waals surface area contributed by atoms with Crippen LogP contribution in [0.5, 0.6) is 0 Å². The molecule has 0 radical (unpaired) electrons. The highest BCUT2D eigenvalue weighted by molar-refractivity contribution is 6.09. The van der Waals surface area contributed by atoms with E-state index in [9.17, 15) is 10.1 Å². The van der Waals surface area contributed by atoms with E-state index in [4.69, 9.17) is 0 Å². The van der Waals surface area contributed by atoms with Crippen LogP contribution in [0, 0.1) is 11.3 Å². The van der Waals surface area contributed by atoms with Crippen molar-refractivity contribution in [1.29, 1.82) is 5.26 Å². The SMILES string of the molecule is N#Cc1ccccc1-c1ccccc1C(=O)Nc1ccc(N=Nc2ccccc2)cc1. The Balaban J connectivity index is 1.53. The van der Waals surface area contributed by atoms with Crippen LogP contribution in [0.2, 0.25) is 0 Å². The van der Waals surface area contributed by atoms with Gasteiger partial charge in [-0.2, -0.15) is 15.5 Å². The minimum atomic E-state index is -0.248. The molecule has 0 bridgehead atoms. The molecule has 5 heteroatoms. The number of benzene rings is 4. The largest absolute Gasteiger partial charge is 0.322 e. The minimum absolute atomic E-state index is 0.248. The first kappa shape index (κ1) is 19.7. The lowest BCUT2D eigenvalue weighted by molar-refractivity contribution is 0.102. The summed E-state index contributed by atoms with van der Waals surface area (Å²) >= 11 is 0. The molecular weight excluding hydrogens is 384 g/mol. The Labute approximate surface area is 180 Å². The summed E-state index contributed by atoms with van der Waals surface area (Å²) in [6.07, 6.45) is 0. The van der Waals surface area contributed by atoms with Crippen molar-refractivity contribution in [2.24, 2.45) is 10.2 Å². The highest BCUT2D eigenvalue weighted by Gasteiger charge is 2.15. The molecule has 1 amide bonds. The van der Waals surface area contributed by atoms with Crippen molar-refractivity contribution in [2.75, 3.05) is 5.32 Å². The fraction of sp³-hybridized carbons (Fsp3) is 0. The van der Waals surface area contributed by atoms with Crippen LogP contribution in [0.15, 0.2) is 113 Å². The molecule has 31 heavy (non-hydrogen) atoms. The van der Waals surface area contributed by atoms with Crippen LogP contribution in [-0.2, 0) is 0 Å². The lowest BCUT2D eigenvalue weighted by Gasteiger charge is -2.11. The van der Waals surface area contributed by atoms with E-state index in [1.807, 2.05) is 54.6 Å². The number of nitrogens with one attached hydrogen (secondary N) is 1. The van der Waals surface area contributed by atoms with E-state index in [-0.39, 0.29) is 5.91 Å². The zero-order valence-electron chi connectivity index (χ0n) is 16.6. The lowest BCUT2D eigenvalue weighted by Crippen LogP contribution is -2.13. The molecule has 0 aromatic heterocycles. The van der Waals surface area contributed by atoms with E-state index in [0.717, 1.165) is 11.3 Å². The molecule has 4 rings (SSSR count). The number of nitrogens with zero attached hydrogens (tertiary/aromatic N) is 3. The predicted octanol–water partition coefficient (Wildman–Crippen LogP) is 6.89. The third-order valence-electron chi connectivity index (χ3n) is 4.67. The van der Waals surface area contributed by atoms with Crippen LogP contribution in [0.1, 0.15) is 15.9 Å². The summed E-state index contributed by atoms with van der Waals surface area (Å²) in [6.45, 7) is 0. The maximum absolute atomic E-state index is 13.0. The van der Waals surface area contributed by atoms with Crippen LogP contribution in [0.4, 0.5) is 17.1 Å². The van der Waals surface area contributed by atoms with Gasteiger partial charge in [-0.15, -0.1) is 0 Å². The molecule has 0 heterocycles. The highest BCUT2D eigenvalue weighted by Crippen LogP contribution is 2.28. The Bertz CT molecular complexity index is 1270. The first-order chi connectivity index (χ1) is 15.2. The number of amides is 1. The second-order valence-electron chi connectivity index (χ2n) is 6.74. The van der Waals surface area contributed by atoms with Crippen molar-refractivity contribution in [3.63, 3.8) is 0 Å². The second-order valence-corrected chi connectivity index (χ2v) is 6.74. The fourth-order valence-electron chi connectivity index (χ4n) is 3.15. The standard InChI is InChI=1S/C26H18N4O/c27-18-19-8-4-5-11-23(19)24-12-6-7-13-25(24)26(31)28-20-14-16-22(17-15-20)30-29-21-9-2-1-3-10-21/h1-17H,(H,28,31). The molecule has 4 aromatic rings. The Hall–Kier alpha value is -4.56. The summed E-state index contributed by atoms with van der Waals surface area (Å²) in [4.78, 5) is 13.0. The molecule has 0 aliphatic carbocycles. The summed E-state index contributed by atoms with van der Waals surface area (Å²) in [7, 11) is 0. The number of carbonyl (C=O) groups is 1. The van der Waals surface area contributed by atoms with Crippen molar-refractivity contribution in [3.05, 3.63) is 114 Å². The summed E-state index contributed by atoms with van der Waals surface area (Å²) in [5.74, 6) is -0.248. The molecule has 1 N–H and O–H groups in total. The molecule has 148 valence electrons. The van der Waals surface area contributed by atoms with Gasteiger partial charge in [-0.05, 0) is 54.1 Å². The third-order valence-corrected chi connectivity index (χ3v) is 4.67. The molecule has 4 aromatic carbocycles. The number of anilines is 1. The lowest BCUT2D eigenvalue weighted by atomic mass is 9.95. The molecule has 0 spiro atoms. The van der Waals surface area contributed by atoms with Crippen molar-refractivity contribution in [2.45, 2.75) is 0 Å². The zero-order chi connectivity index (χ0) is 21.5. The number of azo groups is 1. The Kier molecular flexibility index (Phi) is 5.92. The van der Waals surface area contributed by atoms with Gasteiger partial charge >= 0.3 is 0 Å². The number of hydrogen-bond acceptors (Lipinski definition) is 4. The maximum Gasteiger partial charge on any atom is 0.256 e. The van der Waals surface area contributed by atoms with Crippen LogP contribution in [-0.4, -0.2) is 5.91 Å². The van der Waals surface area contributed by atoms with E-state index in [1.165, 1.54) is 0 Å². The van der Waals surface area contributed by atoms with Crippen LogP contribution >= 0.6 is 0 Å². The minimum Gasteiger partial charge on any atom is -0.322 e. The summed E-state index contributed by atoms with van der Waals surface area (Å²) in [5.41, 5.74) is 4.57. The van der Waals surface area contributed by atoms with Crippen molar-refractivity contribution in [1.82, 2.24) is 0 Å². The number of hydrogen-bond donors (Lipinski definition) is 1. The smallest absolute Gasteiger partial charge is 0.256 e. The van der Waals surface area contributed by atoms with Gasteiger partial charge in [-0.1, -0.05) is 54.6 Å². The Morgan fingerprint density at radius 1 is 0.677 bits per heavy atom. The third kappa shape index (κ3) is 4.72. The topological polar surface area (TPSA) is 77.6 Å². The molecule has 0 saturated carbocycles. The fourth-order valence-corrected chi connectivity index (χ4v) is 3.15. The van der Waals surface area contributed by atoms with E-state index in [2.05, 4.69) is 21.6 Å². The van der Waals surface area contributed by atoms with Gasteiger partial charge in [0.05, 0.1) is 23.0 Å². The van der Waals surface area contributed by atoms with Gasteiger partial charge in [0.1, 0.15) is 0 Å². The first-order valence-electron chi connectivity index (χ1n) is 9.71. The maximum atomic E-state index is 13.0. The van der Waals surface area contributed by atoms with E-state index in [1.54, 1.807) is 48.5 Å². The molecule has 0 atom stereocenters. The molecule has 0 saturated heterocycles. The summed E-state index contributed by atoms with van der Waals surface area (Å²) in [6, 6.07) is 33.3. The van der Waals surface area contributed by atoms with Crippen LogP contribution in [0.3, 0.4) is 0 Å². The van der Waals surface area contributed by atoms with Gasteiger partial charge in [0.25, 0.3) is 5.91 Å². The monoisotopic (exact) mass is 402 g/mol. The van der Waals surface area contributed by atoms with Crippen molar-refractivity contribution in [3.8, 4) is 17.2 Å². The predicted molar refractivity (Wildman–Crippen MR) is 122 cm³/mol. The number of carbonyl (C=O) groups excluding carboxylic acids is 1. The zero-order valence-corrected chi connectivity index (χ0v) is 16.6. The highest BCUT2D eigenvalue weighted by atomic mass is 16.1. The molecule has 0 unspecified atom stereocenters. The van der Waals surface area contributed by atoms with Gasteiger partial charge in [0.2, 0.25) is 0 Å². The summed E-state index contributed by atoms with van der Waals surface area (Å²) in [5, 5.41) is 20.7. The molecule has 0 fully saturated rings. The van der Waals surface area contributed by atoms with E-state index < -0.39 is 0 Å². The number of rotatable bonds is 5. The molecule has 0 aliphatic rings. The average molecular weight is 402 g/mol. The second kappa shape index (κ2) is 9.29. The van der Waals surface area contributed by atoms with Gasteiger partial charge in [0, 0.05) is 16.8 Å². The van der Waals surface area contributed by atoms with Crippen LogP contribution in [0.25, 0.3) is 11.1 Å².